The number of Topliss-reactive ketones (excluding diaryl/α,β-unsaturated/α-hetero) is 1. The third kappa shape index (κ3) is 1.11. The van der Waals surface area contributed by atoms with E-state index in [1.54, 1.807) is 6.92 Å². The van der Waals surface area contributed by atoms with Crippen LogP contribution in [0.2, 0.25) is 0 Å². The quantitative estimate of drug-likeness (QED) is 0.607. The van der Waals surface area contributed by atoms with Gasteiger partial charge in [0.05, 0.1) is 18.6 Å². The molecule has 2 bridgehead atoms. The molecular formula is C11H16O4. The molecule has 4 atom stereocenters. The van der Waals surface area contributed by atoms with E-state index in [1.807, 2.05) is 13.8 Å². The lowest BCUT2D eigenvalue weighted by atomic mass is 9.68. The number of carbonyl (C=O) groups excluding carboxylic acids is 2. The van der Waals surface area contributed by atoms with Gasteiger partial charge in [0.15, 0.2) is 5.78 Å². The molecule has 2 aliphatic heterocycles. The molecular weight excluding hydrogens is 196 g/mol. The highest BCUT2D eigenvalue weighted by atomic mass is 16.6. The molecule has 0 aromatic carbocycles. The number of ketones is 1. The number of fused-ring (bicyclic) bond motifs is 2. The van der Waals surface area contributed by atoms with Crippen molar-refractivity contribution >= 4 is 11.8 Å². The zero-order valence-corrected chi connectivity index (χ0v) is 9.49. The van der Waals surface area contributed by atoms with Crippen molar-refractivity contribution in [3.63, 3.8) is 0 Å². The van der Waals surface area contributed by atoms with Gasteiger partial charge < -0.3 is 9.47 Å². The molecule has 0 saturated carbocycles. The van der Waals surface area contributed by atoms with Gasteiger partial charge in [-0.1, -0.05) is 6.92 Å². The second-order valence-corrected chi connectivity index (χ2v) is 4.91. The van der Waals surface area contributed by atoms with Crippen LogP contribution in [0.15, 0.2) is 0 Å². The van der Waals surface area contributed by atoms with E-state index in [2.05, 4.69) is 0 Å². The molecule has 84 valence electrons. The first-order valence-electron chi connectivity index (χ1n) is 5.16. The van der Waals surface area contributed by atoms with Crippen molar-refractivity contribution in [2.24, 2.45) is 11.8 Å². The molecule has 0 radical (unpaired) electrons. The predicted molar refractivity (Wildman–Crippen MR) is 52.2 cm³/mol. The number of ether oxygens (including phenoxy) is 2. The van der Waals surface area contributed by atoms with Crippen LogP contribution >= 0.6 is 0 Å². The Kier molecular flexibility index (Phi) is 1.99. The molecule has 4 heteroatoms. The maximum absolute atomic E-state index is 11.8. The van der Waals surface area contributed by atoms with E-state index in [0.717, 1.165) is 0 Å². The van der Waals surface area contributed by atoms with Crippen molar-refractivity contribution in [1.82, 2.24) is 0 Å². The van der Waals surface area contributed by atoms with Crippen molar-refractivity contribution in [3.05, 3.63) is 0 Å². The molecule has 0 amide bonds. The van der Waals surface area contributed by atoms with E-state index < -0.39 is 11.2 Å². The minimum absolute atomic E-state index is 0.0950. The highest BCUT2D eigenvalue weighted by molar-refractivity contribution is 5.94. The molecule has 2 heterocycles. The van der Waals surface area contributed by atoms with Gasteiger partial charge in [-0.3, -0.25) is 9.59 Å². The second kappa shape index (κ2) is 2.82. The van der Waals surface area contributed by atoms with E-state index in [1.165, 1.54) is 7.11 Å². The zero-order valence-electron chi connectivity index (χ0n) is 9.49. The van der Waals surface area contributed by atoms with E-state index in [0.29, 0.717) is 6.42 Å². The summed E-state index contributed by atoms with van der Waals surface area (Å²) in [5, 5.41) is 0. The average Bonchev–Trinajstić information content (AvgIpc) is 2.48. The molecule has 0 aliphatic carbocycles. The number of esters is 1. The van der Waals surface area contributed by atoms with Crippen LogP contribution in [-0.4, -0.2) is 30.1 Å². The van der Waals surface area contributed by atoms with Crippen LogP contribution in [-0.2, 0) is 19.1 Å². The number of hydrogen-bond donors (Lipinski definition) is 0. The molecule has 2 aliphatic rings. The van der Waals surface area contributed by atoms with Crippen molar-refractivity contribution < 1.29 is 19.1 Å². The van der Waals surface area contributed by atoms with Gasteiger partial charge in [-0.2, -0.15) is 0 Å². The first kappa shape index (κ1) is 10.6. The van der Waals surface area contributed by atoms with Gasteiger partial charge >= 0.3 is 5.97 Å². The fourth-order valence-corrected chi connectivity index (χ4v) is 3.02. The summed E-state index contributed by atoms with van der Waals surface area (Å²) in [5.41, 5.74) is -1.47. The standard InChI is InChI=1S/C11H16O4/c1-6-8(9(13)14-4)10(2)5-7(12)11(6,3)15-10/h6,8H,5H2,1-4H3/t6-,8+,10-,11-/m0/s1. The molecule has 0 aromatic heterocycles. The van der Waals surface area contributed by atoms with E-state index in [-0.39, 0.29) is 23.6 Å². The van der Waals surface area contributed by atoms with Crippen LogP contribution in [0.1, 0.15) is 27.2 Å². The maximum Gasteiger partial charge on any atom is 0.312 e. The lowest BCUT2D eigenvalue weighted by molar-refractivity contribution is -0.151. The fourth-order valence-electron chi connectivity index (χ4n) is 3.02. The number of carbonyl (C=O) groups is 2. The molecule has 0 unspecified atom stereocenters. The Bertz CT molecular complexity index is 337. The van der Waals surface area contributed by atoms with Gasteiger partial charge in [0.1, 0.15) is 5.60 Å². The minimum Gasteiger partial charge on any atom is -0.469 e. The van der Waals surface area contributed by atoms with Gasteiger partial charge in [-0.25, -0.2) is 0 Å². The summed E-state index contributed by atoms with van der Waals surface area (Å²) in [7, 11) is 1.37. The Balaban J connectivity index is 2.39. The summed E-state index contributed by atoms with van der Waals surface area (Å²) in [5.74, 6) is -0.625. The van der Waals surface area contributed by atoms with E-state index >= 15 is 0 Å². The monoisotopic (exact) mass is 212 g/mol. The Hall–Kier alpha value is -0.900. The van der Waals surface area contributed by atoms with Gasteiger partial charge in [-0.15, -0.1) is 0 Å². The van der Waals surface area contributed by atoms with Crippen molar-refractivity contribution in [2.75, 3.05) is 7.11 Å². The SMILES string of the molecule is COC(=O)[C@H]1[C@H](C)[C@]2(C)O[C@@]1(C)CC2=O. The minimum atomic E-state index is -0.798. The highest BCUT2D eigenvalue weighted by Crippen LogP contribution is 2.55. The van der Waals surface area contributed by atoms with Crippen LogP contribution in [0.25, 0.3) is 0 Å². The molecule has 0 aromatic rings. The first-order chi connectivity index (χ1) is 6.85. The molecule has 0 N–H and O–H groups in total. The second-order valence-electron chi connectivity index (χ2n) is 4.91. The average molecular weight is 212 g/mol. The van der Waals surface area contributed by atoms with Crippen molar-refractivity contribution in [1.29, 1.82) is 0 Å². The first-order valence-corrected chi connectivity index (χ1v) is 5.16. The van der Waals surface area contributed by atoms with Crippen LogP contribution in [0, 0.1) is 11.8 Å². The summed E-state index contributed by atoms with van der Waals surface area (Å²) in [6.45, 7) is 5.47. The van der Waals surface area contributed by atoms with Crippen LogP contribution in [0.5, 0.6) is 0 Å². The molecule has 2 rings (SSSR count). The summed E-state index contributed by atoms with van der Waals surface area (Å²) in [6.07, 6.45) is 0.313. The summed E-state index contributed by atoms with van der Waals surface area (Å²) >= 11 is 0. The number of methoxy groups -OCH3 is 1. The van der Waals surface area contributed by atoms with Gasteiger partial charge in [-0.05, 0) is 13.8 Å². The van der Waals surface area contributed by atoms with Gasteiger partial charge in [0.25, 0.3) is 0 Å². The van der Waals surface area contributed by atoms with E-state index in [4.69, 9.17) is 9.47 Å². The third-order valence-electron chi connectivity index (χ3n) is 3.99. The smallest absolute Gasteiger partial charge is 0.312 e. The topological polar surface area (TPSA) is 52.6 Å². The fraction of sp³-hybridized carbons (Fsp3) is 0.818. The summed E-state index contributed by atoms with van der Waals surface area (Å²) in [4.78, 5) is 23.4. The maximum atomic E-state index is 11.8. The highest BCUT2D eigenvalue weighted by Gasteiger charge is 2.68. The Morgan fingerprint density at radius 3 is 2.53 bits per heavy atom. The number of hydrogen-bond acceptors (Lipinski definition) is 4. The van der Waals surface area contributed by atoms with Crippen molar-refractivity contribution in [3.8, 4) is 0 Å². The molecule has 2 saturated heterocycles. The lowest BCUT2D eigenvalue weighted by Gasteiger charge is -2.31. The third-order valence-corrected chi connectivity index (χ3v) is 3.99. The Morgan fingerprint density at radius 2 is 2.13 bits per heavy atom. The molecule has 15 heavy (non-hydrogen) atoms. The van der Waals surface area contributed by atoms with Crippen molar-refractivity contribution in [2.45, 2.75) is 38.4 Å². The van der Waals surface area contributed by atoms with Crippen LogP contribution in [0.4, 0.5) is 0 Å². The zero-order chi connectivity index (χ0) is 11.4. The number of rotatable bonds is 1. The summed E-state index contributed by atoms with van der Waals surface area (Å²) < 4.78 is 10.5. The van der Waals surface area contributed by atoms with Crippen LogP contribution in [0.3, 0.4) is 0 Å². The van der Waals surface area contributed by atoms with Gasteiger partial charge in [0, 0.05) is 12.3 Å². The lowest BCUT2D eigenvalue weighted by Crippen LogP contribution is -2.46. The largest absolute Gasteiger partial charge is 0.469 e. The molecule has 4 nitrogen and oxygen atoms in total. The summed E-state index contributed by atoms with van der Waals surface area (Å²) in [6, 6.07) is 0. The molecule has 2 fully saturated rings. The van der Waals surface area contributed by atoms with Crippen LogP contribution < -0.4 is 0 Å². The Labute approximate surface area is 88.9 Å². The van der Waals surface area contributed by atoms with Gasteiger partial charge in [0.2, 0.25) is 0 Å². The Morgan fingerprint density at radius 1 is 1.53 bits per heavy atom. The predicted octanol–water partition coefficient (Wildman–Crippen LogP) is 0.932. The normalized spacial score (nSPS) is 48.4. The molecule has 0 spiro atoms. The van der Waals surface area contributed by atoms with E-state index in [9.17, 15) is 9.59 Å².